The minimum Gasteiger partial charge on any atom is -0.399 e. The molecule has 1 aliphatic heterocycles. The van der Waals surface area contributed by atoms with Gasteiger partial charge in [0.25, 0.3) is 0 Å². The standard InChI is InChI=1S/C34H43NO.C32H45BO3.CO2/c1-6-11-27-12-17-32(35-24-27)31-16-15-30(23-26(31)5)34(7-2,8-3)29-14-13-28(25(4)22-29)18-21-33(36)19-9-10-20-33;1-9-32(10-2,26-14-13-25(23(3)21-26)17-20-31(34)18-11-12-19-31)27-15-16-28(24(4)22-27)33-35-29(5,6)30(7,8)36-33;2-1-3/h12-18,21-24,36H,6-11,19-20H2,1-5H3;13-17,20-22,34H,9-12,18-19H2,1-8H3;/b21-18+;20-17+;. The molecule has 8 heteroatoms. The normalized spacial score (nSPS) is 17.7. The second kappa shape index (κ2) is 24.9. The Bertz CT molecular complexity index is 2780. The maximum atomic E-state index is 10.7. The first-order valence-electron chi connectivity index (χ1n) is 28.2. The summed E-state index contributed by atoms with van der Waals surface area (Å²) in [5.41, 5.74) is 15.5. The monoisotopic (exact) mass is 1010 g/mol. The van der Waals surface area contributed by atoms with Crippen molar-refractivity contribution in [1.29, 1.82) is 0 Å². The van der Waals surface area contributed by atoms with Crippen LogP contribution in [0.2, 0.25) is 0 Å². The number of pyridine rings is 1. The summed E-state index contributed by atoms with van der Waals surface area (Å²) in [6, 6.07) is 31.9. The Balaban J connectivity index is 0.000000232. The van der Waals surface area contributed by atoms with Gasteiger partial charge >= 0.3 is 13.3 Å². The third kappa shape index (κ3) is 13.1. The lowest BCUT2D eigenvalue weighted by Gasteiger charge is -2.34. The summed E-state index contributed by atoms with van der Waals surface area (Å²) in [6.07, 6.45) is 24.9. The lowest BCUT2D eigenvalue weighted by Crippen LogP contribution is -2.41. The zero-order valence-corrected chi connectivity index (χ0v) is 47.9. The number of nitrogens with zero attached hydrogens (tertiary/aromatic N) is 1. The van der Waals surface area contributed by atoms with E-state index < -0.39 is 11.2 Å². The molecule has 2 saturated carbocycles. The highest BCUT2D eigenvalue weighted by Gasteiger charge is 2.52. The highest BCUT2D eigenvalue weighted by Crippen LogP contribution is 2.43. The largest absolute Gasteiger partial charge is 0.495 e. The van der Waals surface area contributed by atoms with Gasteiger partial charge in [-0.05, 0) is 180 Å². The number of aryl methyl sites for hydroxylation is 5. The molecule has 2 N–H and O–H groups in total. The molecule has 3 aliphatic rings. The van der Waals surface area contributed by atoms with E-state index in [0.717, 1.165) is 101 Å². The smallest absolute Gasteiger partial charge is 0.399 e. The molecule has 0 unspecified atom stereocenters. The Morgan fingerprint density at radius 2 is 0.973 bits per heavy atom. The number of hydrogen-bond donors (Lipinski definition) is 2. The quantitative estimate of drug-likeness (QED) is 0.0949. The fourth-order valence-corrected chi connectivity index (χ4v) is 12.1. The predicted molar refractivity (Wildman–Crippen MR) is 310 cm³/mol. The van der Waals surface area contributed by atoms with E-state index in [9.17, 15) is 10.2 Å². The summed E-state index contributed by atoms with van der Waals surface area (Å²) in [5, 5.41) is 21.5. The highest BCUT2D eigenvalue weighted by atomic mass is 16.7. The van der Waals surface area contributed by atoms with Crippen LogP contribution in [0.3, 0.4) is 0 Å². The fraction of sp³-hybridized carbons (Fsp3) is 0.493. The minimum atomic E-state index is -0.627. The van der Waals surface area contributed by atoms with Gasteiger partial charge in [0.15, 0.2) is 0 Å². The summed E-state index contributed by atoms with van der Waals surface area (Å²) >= 11 is 0. The van der Waals surface area contributed by atoms with Crippen molar-refractivity contribution in [3.05, 3.63) is 164 Å². The van der Waals surface area contributed by atoms with E-state index in [1.165, 1.54) is 66.8 Å². The molecule has 8 rings (SSSR count). The van der Waals surface area contributed by atoms with Crippen LogP contribution in [0, 0.1) is 27.7 Å². The summed E-state index contributed by atoms with van der Waals surface area (Å²) in [4.78, 5) is 21.0. The topological polar surface area (TPSA) is 106 Å². The minimum absolute atomic E-state index is 0.0294. The molecule has 3 fully saturated rings. The lowest BCUT2D eigenvalue weighted by molar-refractivity contribution is -0.191. The van der Waals surface area contributed by atoms with E-state index in [-0.39, 0.29) is 35.3 Å². The Kier molecular flexibility index (Phi) is 19.6. The van der Waals surface area contributed by atoms with Crippen LogP contribution in [0.4, 0.5) is 0 Å². The van der Waals surface area contributed by atoms with Crippen LogP contribution < -0.4 is 5.46 Å². The van der Waals surface area contributed by atoms with Crippen molar-refractivity contribution in [2.24, 2.45) is 0 Å². The predicted octanol–water partition coefficient (Wildman–Crippen LogP) is 15.2. The molecular formula is C67H88BNO6. The molecular weight excluding hydrogens is 926 g/mol. The van der Waals surface area contributed by atoms with Crippen molar-refractivity contribution in [3.8, 4) is 11.3 Å². The maximum absolute atomic E-state index is 10.7. The zero-order chi connectivity index (χ0) is 54.8. The molecule has 2 heterocycles. The molecule has 5 aromatic rings. The fourth-order valence-electron chi connectivity index (χ4n) is 12.1. The van der Waals surface area contributed by atoms with E-state index in [1.807, 2.05) is 18.3 Å². The van der Waals surface area contributed by atoms with E-state index in [2.05, 4.69) is 187 Å². The zero-order valence-electron chi connectivity index (χ0n) is 47.9. The molecule has 0 radical (unpaired) electrons. The van der Waals surface area contributed by atoms with E-state index in [0.29, 0.717) is 0 Å². The third-order valence-electron chi connectivity index (χ3n) is 17.9. The van der Waals surface area contributed by atoms with E-state index in [4.69, 9.17) is 23.9 Å². The second-order valence-corrected chi connectivity index (χ2v) is 23.1. The van der Waals surface area contributed by atoms with Crippen LogP contribution in [0.25, 0.3) is 23.4 Å². The van der Waals surface area contributed by atoms with Crippen LogP contribution in [0.5, 0.6) is 0 Å². The molecule has 0 amide bonds. The Hall–Kier alpha value is -5.21. The molecule has 0 spiro atoms. The number of rotatable bonds is 16. The van der Waals surface area contributed by atoms with Crippen molar-refractivity contribution in [2.75, 3.05) is 0 Å². The highest BCUT2D eigenvalue weighted by molar-refractivity contribution is 6.62. The van der Waals surface area contributed by atoms with Crippen molar-refractivity contribution in [3.63, 3.8) is 0 Å². The summed E-state index contributed by atoms with van der Waals surface area (Å²) in [6.45, 7) is 28.6. The van der Waals surface area contributed by atoms with Gasteiger partial charge in [0, 0.05) is 22.6 Å². The number of aromatic nitrogens is 1. The molecule has 75 heavy (non-hydrogen) atoms. The third-order valence-corrected chi connectivity index (χ3v) is 17.9. The van der Waals surface area contributed by atoms with Gasteiger partial charge in [-0.3, -0.25) is 4.98 Å². The number of aliphatic hydroxyl groups is 2. The first kappa shape index (κ1) is 59.0. The van der Waals surface area contributed by atoms with Gasteiger partial charge in [-0.15, -0.1) is 0 Å². The molecule has 400 valence electrons. The molecule has 0 bridgehead atoms. The molecule has 0 atom stereocenters. The van der Waals surface area contributed by atoms with Gasteiger partial charge in [-0.1, -0.05) is 175 Å². The van der Waals surface area contributed by atoms with Crippen molar-refractivity contribution in [1.82, 2.24) is 4.98 Å². The van der Waals surface area contributed by atoms with Crippen molar-refractivity contribution in [2.45, 2.75) is 213 Å². The van der Waals surface area contributed by atoms with Crippen LogP contribution >= 0.6 is 0 Å². The van der Waals surface area contributed by atoms with E-state index in [1.54, 1.807) is 0 Å². The van der Waals surface area contributed by atoms with Gasteiger partial charge in [0.05, 0.1) is 28.1 Å². The lowest BCUT2D eigenvalue weighted by atomic mass is 9.68. The average Bonchev–Trinajstić information content (AvgIpc) is 4.08. The Morgan fingerprint density at radius 3 is 1.33 bits per heavy atom. The summed E-state index contributed by atoms with van der Waals surface area (Å²) in [5.74, 6) is 0. The molecule has 1 saturated heterocycles. The Morgan fingerprint density at radius 1 is 0.573 bits per heavy atom. The molecule has 4 aromatic carbocycles. The Labute approximate surface area is 451 Å². The molecule has 7 nitrogen and oxygen atoms in total. The maximum Gasteiger partial charge on any atom is 0.495 e. The summed E-state index contributed by atoms with van der Waals surface area (Å²) < 4.78 is 12.7. The van der Waals surface area contributed by atoms with Crippen molar-refractivity contribution >= 4 is 30.9 Å². The van der Waals surface area contributed by atoms with Gasteiger partial charge in [-0.2, -0.15) is 9.59 Å². The second-order valence-electron chi connectivity index (χ2n) is 23.1. The first-order chi connectivity index (χ1) is 35.6. The van der Waals surface area contributed by atoms with Gasteiger partial charge < -0.3 is 19.5 Å². The van der Waals surface area contributed by atoms with Crippen LogP contribution in [0.15, 0.2) is 103 Å². The van der Waals surface area contributed by atoms with Crippen LogP contribution in [-0.2, 0) is 36.1 Å². The van der Waals surface area contributed by atoms with Crippen molar-refractivity contribution < 1.29 is 29.1 Å². The number of benzene rings is 4. The average molecular weight is 1010 g/mol. The SMILES string of the molecule is CCC(CC)(c1ccc(/C=C/C2(O)CCCC2)c(C)c1)c1ccc(B2OC(C)(C)C(C)(C)O2)c(C)c1.CCCc1ccc(-c2ccc(C(CC)(CC)c3ccc(/C=C/C4(O)CCCC4)c(C)c3)cc2C)nc1.O=C=O. The van der Waals surface area contributed by atoms with Gasteiger partial charge in [-0.25, -0.2) is 0 Å². The van der Waals surface area contributed by atoms with Gasteiger partial charge in [0.2, 0.25) is 0 Å². The summed E-state index contributed by atoms with van der Waals surface area (Å²) in [7, 11) is -0.343. The number of hydrogen-bond acceptors (Lipinski definition) is 7. The van der Waals surface area contributed by atoms with Gasteiger partial charge in [0.1, 0.15) is 0 Å². The molecule has 2 aliphatic carbocycles. The first-order valence-corrected chi connectivity index (χ1v) is 28.2. The van der Waals surface area contributed by atoms with Crippen LogP contribution in [0.1, 0.15) is 207 Å². The van der Waals surface area contributed by atoms with E-state index >= 15 is 0 Å². The number of carbonyl (C=O) groups excluding carboxylic acids is 2. The molecule has 1 aromatic heterocycles. The van der Waals surface area contributed by atoms with Crippen LogP contribution in [-0.4, -0.2) is 50.9 Å².